The molecule has 0 bridgehead atoms. The number of amides is 1. The number of nitrogens with zero attached hydrogens (tertiary/aromatic N) is 4. The number of hydrogen-bond donors (Lipinski definition) is 2. The van der Waals surface area contributed by atoms with Gasteiger partial charge in [-0.1, -0.05) is 6.42 Å². The zero-order chi connectivity index (χ0) is 17.9. The molecule has 0 radical (unpaired) electrons. The minimum absolute atomic E-state index is 0.0954. The van der Waals surface area contributed by atoms with E-state index >= 15 is 0 Å². The molecule has 9 heteroatoms. The van der Waals surface area contributed by atoms with Gasteiger partial charge in [0.05, 0.1) is 5.69 Å². The number of aromatic amines is 1. The summed E-state index contributed by atoms with van der Waals surface area (Å²) in [5.41, 5.74) is 1.68. The summed E-state index contributed by atoms with van der Waals surface area (Å²) in [7, 11) is 0. The minimum Gasteiger partial charge on any atom is -0.370 e. The van der Waals surface area contributed by atoms with E-state index in [1.54, 1.807) is 6.07 Å². The standard InChI is InChI=1S/C17H22N6O3/c24-14(18-17-19-16(20-21-17)13-7-4-8-26-13)10-23-15(25)9-11-5-2-1-3-6-12(11)22-23/h9,13H,1-8,10H2,(H2,18,19,20,21,24). The Morgan fingerprint density at radius 2 is 2.19 bits per heavy atom. The molecule has 9 nitrogen and oxygen atoms in total. The summed E-state index contributed by atoms with van der Waals surface area (Å²) in [6, 6.07) is 1.61. The Labute approximate surface area is 150 Å². The largest absolute Gasteiger partial charge is 0.370 e. The summed E-state index contributed by atoms with van der Waals surface area (Å²) < 4.78 is 6.75. The number of rotatable bonds is 4. The number of H-pyrrole nitrogens is 1. The lowest BCUT2D eigenvalue weighted by molar-refractivity contribution is -0.117. The van der Waals surface area contributed by atoms with E-state index in [2.05, 4.69) is 25.6 Å². The van der Waals surface area contributed by atoms with Crippen LogP contribution in [-0.4, -0.2) is 37.5 Å². The Morgan fingerprint density at radius 1 is 1.31 bits per heavy atom. The number of nitrogens with one attached hydrogen (secondary N) is 2. The first-order valence-corrected chi connectivity index (χ1v) is 9.13. The van der Waals surface area contributed by atoms with Crippen LogP contribution in [-0.2, 0) is 28.9 Å². The molecule has 0 spiro atoms. The van der Waals surface area contributed by atoms with Crippen LogP contribution in [0.15, 0.2) is 10.9 Å². The van der Waals surface area contributed by atoms with Gasteiger partial charge in [-0.25, -0.2) is 4.68 Å². The lowest BCUT2D eigenvalue weighted by atomic mass is 10.1. The fourth-order valence-electron chi connectivity index (χ4n) is 3.46. The van der Waals surface area contributed by atoms with Crippen LogP contribution in [0, 0.1) is 0 Å². The molecule has 3 heterocycles. The summed E-state index contributed by atoms with van der Waals surface area (Å²) in [5.74, 6) is 0.410. The zero-order valence-corrected chi connectivity index (χ0v) is 14.5. The van der Waals surface area contributed by atoms with Gasteiger partial charge in [-0.15, -0.1) is 5.10 Å². The van der Waals surface area contributed by atoms with Crippen molar-refractivity contribution in [2.75, 3.05) is 11.9 Å². The first-order chi connectivity index (χ1) is 12.7. The molecular formula is C17H22N6O3. The number of aromatic nitrogens is 5. The first-order valence-electron chi connectivity index (χ1n) is 9.13. The smallest absolute Gasteiger partial charge is 0.267 e. The van der Waals surface area contributed by atoms with Gasteiger partial charge in [0, 0.05) is 12.7 Å². The number of carbonyl (C=O) groups excluding carboxylic acids is 1. The molecule has 1 unspecified atom stereocenters. The van der Waals surface area contributed by atoms with Crippen molar-refractivity contribution in [2.45, 2.75) is 57.6 Å². The van der Waals surface area contributed by atoms with Gasteiger partial charge >= 0.3 is 0 Å². The highest BCUT2D eigenvalue weighted by Crippen LogP contribution is 2.26. The van der Waals surface area contributed by atoms with E-state index in [0.717, 1.165) is 56.2 Å². The number of anilines is 1. The van der Waals surface area contributed by atoms with Gasteiger partial charge in [-0.05, 0) is 44.1 Å². The molecule has 0 aromatic carbocycles. The second-order valence-corrected chi connectivity index (χ2v) is 6.77. The molecule has 1 aliphatic carbocycles. The van der Waals surface area contributed by atoms with Crippen molar-refractivity contribution in [2.24, 2.45) is 0 Å². The number of hydrogen-bond acceptors (Lipinski definition) is 6. The second kappa shape index (κ2) is 7.36. The fourth-order valence-corrected chi connectivity index (χ4v) is 3.46. The van der Waals surface area contributed by atoms with Crippen molar-refractivity contribution < 1.29 is 9.53 Å². The average Bonchev–Trinajstić information content (AvgIpc) is 3.25. The van der Waals surface area contributed by atoms with E-state index < -0.39 is 0 Å². The third-order valence-corrected chi connectivity index (χ3v) is 4.81. The van der Waals surface area contributed by atoms with Crippen LogP contribution >= 0.6 is 0 Å². The molecule has 2 aromatic rings. The molecule has 1 fully saturated rings. The van der Waals surface area contributed by atoms with Crippen LogP contribution < -0.4 is 10.9 Å². The van der Waals surface area contributed by atoms with Gasteiger partial charge in [0.1, 0.15) is 12.6 Å². The third kappa shape index (κ3) is 3.67. The predicted molar refractivity (Wildman–Crippen MR) is 92.7 cm³/mol. The van der Waals surface area contributed by atoms with Crippen LogP contribution in [0.1, 0.15) is 55.3 Å². The van der Waals surface area contributed by atoms with E-state index in [1.165, 1.54) is 4.68 Å². The molecule has 2 aromatic heterocycles. The van der Waals surface area contributed by atoms with E-state index in [1.807, 2.05) is 0 Å². The van der Waals surface area contributed by atoms with E-state index in [9.17, 15) is 9.59 Å². The van der Waals surface area contributed by atoms with E-state index in [4.69, 9.17) is 4.74 Å². The van der Waals surface area contributed by atoms with Crippen LogP contribution in [0.25, 0.3) is 0 Å². The average molecular weight is 358 g/mol. The maximum atomic E-state index is 12.3. The van der Waals surface area contributed by atoms with E-state index in [0.29, 0.717) is 12.4 Å². The van der Waals surface area contributed by atoms with Crippen molar-refractivity contribution in [1.29, 1.82) is 0 Å². The van der Waals surface area contributed by atoms with Gasteiger partial charge in [0.2, 0.25) is 11.9 Å². The van der Waals surface area contributed by atoms with Crippen LogP contribution in [0.2, 0.25) is 0 Å². The van der Waals surface area contributed by atoms with E-state index in [-0.39, 0.29) is 30.1 Å². The predicted octanol–water partition coefficient (Wildman–Crippen LogP) is 1.12. The Balaban J connectivity index is 1.43. The van der Waals surface area contributed by atoms with Gasteiger partial charge in [-0.2, -0.15) is 10.1 Å². The monoisotopic (exact) mass is 358 g/mol. The topological polar surface area (TPSA) is 115 Å². The molecule has 1 aliphatic heterocycles. The van der Waals surface area contributed by atoms with Crippen LogP contribution in [0.4, 0.5) is 5.95 Å². The molecule has 138 valence electrons. The molecule has 1 saturated heterocycles. The Morgan fingerprint density at radius 3 is 3.04 bits per heavy atom. The van der Waals surface area contributed by atoms with Crippen molar-refractivity contribution in [3.05, 3.63) is 33.5 Å². The highest BCUT2D eigenvalue weighted by Gasteiger charge is 2.22. The molecule has 1 atom stereocenters. The zero-order valence-electron chi connectivity index (χ0n) is 14.5. The Bertz CT molecular complexity index is 852. The Kier molecular flexibility index (Phi) is 4.79. The van der Waals surface area contributed by atoms with Gasteiger partial charge in [0.15, 0.2) is 5.82 Å². The van der Waals surface area contributed by atoms with Gasteiger partial charge in [-0.3, -0.25) is 20.0 Å². The molecule has 4 rings (SSSR count). The van der Waals surface area contributed by atoms with Crippen LogP contribution in [0.5, 0.6) is 0 Å². The maximum absolute atomic E-state index is 12.3. The minimum atomic E-state index is -0.383. The SMILES string of the molecule is O=C(Cn1nc2c(cc1=O)CCCCC2)Nc1n[nH]c(C2CCCO2)n1. The molecule has 2 aliphatic rings. The van der Waals surface area contributed by atoms with Crippen molar-refractivity contribution >= 4 is 11.9 Å². The van der Waals surface area contributed by atoms with Crippen LogP contribution in [0.3, 0.4) is 0 Å². The molecule has 2 N–H and O–H groups in total. The summed E-state index contributed by atoms with van der Waals surface area (Å²) in [4.78, 5) is 28.7. The summed E-state index contributed by atoms with van der Waals surface area (Å²) in [5, 5.41) is 13.8. The number of carbonyl (C=O) groups is 1. The molecule has 26 heavy (non-hydrogen) atoms. The number of fused-ring (bicyclic) bond motifs is 1. The lowest BCUT2D eigenvalue weighted by Crippen LogP contribution is -2.31. The Hall–Kier alpha value is -2.55. The molecule has 0 saturated carbocycles. The number of ether oxygens (including phenoxy) is 1. The first kappa shape index (κ1) is 16.9. The highest BCUT2D eigenvalue weighted by atomic mass is 16.5. The highest BCUT2D eigenvalue weighted by molar-refractivity contribution is 5.88. The maximum Gasteiger partial charge on any atom is 0.267 e. The molecular weight excluding hydrogens is 336 g/mol. The normalized spacial score (nSPS) is 19.8. The second-order valence-electron chi connectivity index (χ2n) is 6.77. The molecule has 1 amide bonds. The lowest BCUT2D eigenvalue weighted by Gasteiger charge is -2.09. The van der Waals surface area contributed by atoms with Crippen molar-refractivity contribution in [1.82, 2.24) is 25.0 Å². The van der Waals surface area contributed by atoms with Crippen molar-refractivity contribution in [3.8, 4) is 0 Å². The summed E-state index contributed by atoms with van der Waals surface area (Å²) in [6.45, 7) is 0.551. The summed E-state index contributed by atoms with van der Waals surface area (Å²) in [6.07, 6.45) is 6.79. The quantitative estimate of drug-likeness (QED) is 0.792. The van der Waals surface area contributed by atoms with Gasteiger partial charge in [0.25, 0.3) is 5.56 Å². The summed E-state index contributed by atoms with van der Waals surface area (Å²) >= 11 is 0. The third-order valence-electron chi connectivity index (χ3n) is 4.81. The van der Waals surface area contributed by atoms with Crippen molar-refractivity contribution in [3.63, 3.8) is 0 Å². The fraction of sp³-hybridized carbons (Fsp3) is 0.588. The van der Waals surface area contributed by atoms with Gasteiger partial charge < -0.3 is 4.74 Å². The number of aryl methyl sites for hydroxylation is 2.